The Kier molecular flexibility index (Phi) is 6.15. The van der Waals surface area contributed by atoms with Crippen LogP contribution in [-0.2, 0) is 30.4 Å². The van der Waals surface area contributed by atoms with Gasteiger partial charge in [-0.25, -0.2) is 0 Å². The van der Waals surface area contributed by atoms with Crippen LogP contribution < -0.4 is 0 Å². The number of hydrogen-bond acceptors (Lipinski definition) is 11. The third-order valence-electron chi connectivity index (χ3n) is 4.29. The van der Waals surface area contributed by atoms with Gasteiger partial charge in [0.25, 0.3) is 36.0 Å². The van der Waals surface area contributed by atoms with E-state index in [2.05, 4.69) is 10.2 Å². The lowest BCUT2D eigenvalue weighted by Gasteiger charge is -2.10. The molecule has 3 aromatic carbocycles. The van der Waals surface area contributed by atoms with Crippen molar-refractivity contribution in [2.45, 2.75) is 14.7 Å². The van der Waals surface area contributed by atoms with Gasteiger partial charge < -0.3 is 5.11 Å². The quantitative estimate of drug-likeness (QED) is 0.154. The van der Waals surface area contributed by atoms with E-state index in [4.69, 9.17) is 0 Å². The van der Waals surface area contributed by atoms with E-state index in [0.29, 0.717) is 12.1 Å². The van der Waals surface area contributed by atoms with E-state index in [9.17, 15) is 54.1 Å². The second kappa shape index (κ2) is 8.34. The number of benzene rings is 3. The molecule has 0 aliphatic carbocycles. The number of aromatic hydroxyl groups is 1. The molecule has 18 heteroatoms. The zero-order chi connectivity index (χ0) is 25.6. The Balaban J connectivity index is 2.34. The molecule has 0 aliphatic heterocycles. The van der Waals surface area contributed by atoms with Gasteiger partial charge in [-0.3, -0.25) is 23.8 Å². The minimum absolute atomic E-state index is 0.156. The van der Waals surface area contributed by atoms with Crippen LogP contribution in [0.5, 0.6) is 5.75 Å². The first kappa shape index (κ1) is 25.1. The Morgan fingerprint density at radius 1 is 0.765 bits per heavy atom. The van der Waals surface area contributed by atoms with Crippen molar-refractivity contribution >= 4 is 58.2 Å². The maximum Gasteiger partial charge on any atom is 0.298 e. The number of nitro benzene ring substituents is 1. The number of phenolic OH excluding ortho intramolecular Hbond substituents is 1. The number of rotatable bonds is 6. The molecule has 4 N–H and O–H groups in total. The van der Waals surface area contributed by atoms with E-state index in [1.54, 1.807) is 0 Å². The summed E-state index contributed by atoms with van der Waals surface area (Å²) in [5.74, 6) is -1.16. The van der Waals surface area contributed by atoms with Gasteiger partial charge in [0.2, 0.25) is 0 Å². The van der Waals surface area contributed by atoms with Crippen molar-refractivity contribution < 1.29 is 48.9 Å². The number of nitrogens with zero attached hydrogens (tertiary/aromatic N) is 3. The summed E-state index contributed by atoms with van der Waals surface area (Å²) in [6, 6.07) is 5.46. The molecule has 0 fully saturated rings. The van der Waals surface area contributed by atoms with Crippen molar-refractivity contribution in [3.63, 3.8) is 0 Å². The first-order valence-electron chi connectivity index (χ1n) is 8.42. The van der Waals surface area contributed by atoms with E-state index in [-0.39, 0.29) is 10.8 Å². The van der Waals surface area contributed by atoms with Crippen molar-refractivity contribution in [2.24, 2.45) is 10.2 Å². The molecule has 34 heavy (non-hydrogen) atoms. The lowest BCUT2D eigenvalue weighted by molar-refractivity contribution is -0.385. The molecule has 0 atom stereocenters. The molecule has 0 heterocycles. The molecule has 0 aromatic heterocycles. The summed E-state index contributed by atoms with van der Waals surface area (Å²) in [6.45, 7) is 0. The van der Waals surface area contributed by atoms with Crippen LogP contribution >= 0.6 is 0 Å². The lowest BCUT2D eigenvalue weighted by Crippen LogP contribution is -2.01. The monoisotopic (exact) mass is 533 g/mol. The smallest absolute Gasteiger partial charge is 0.298 e. The predicted octanol–water partition coefficient (Wildman–Crippen LogP) is 2.61. The van der Waals surface area contributed by atoms with Crippen molar-refractivity contribution in [2.75, 3.05) is 0 Å². The molecule has 0 unspecified atom stereocenters. The Morgan fingerprint density at radius 2 is 1.38 bits per heavy atom. The van der Waals surface area contributed by atoms with Crippen LogP contribution in [0.1, 0.15) is 0 Å². The number of nitro groups is 1. The highest BCUT2D eigenvalue weighted by atomic mass is 32.2. The highest BCUT2D eigenvalue weighted by molar-refractivity contribution is 7.86. The Bertz CT molecular complexity index is 1710. The van der Waals surface area contributed by atoms with Gasteiger partial charge in [0.1, 0.15) is 21.2 Å². The Hall–Kier alpha value is -3.55. The first-order valence-corrected chi connectivity index (χ1v) is 12.7. The molecule has 3 rings (SSSR count). The number of fused-ring (bicyclic) bond motifs is 1. The molecule has 0 spiro atoms. The van der Waals surface area contributed by atoms with Gasteiger partial charge in [0, 0.05) is 17.5 Å². The third kappa shape index (κ3) is 5.00. The number of azo groups is 1. The molecule has 15 nitrogen and oxygen atoms in total. The standard InChI is InChI=1S/C16H11N3O12S3/c20-16-14(34(29,30)31)6-8-5-10(32(23,24)25)2-3-11(8)15(16)18-17-12-4-1-9(19(21)22)7-13(12)33(26,27)28/h1-7,20H,(H,23,24,25)(H,26,27,28)(H,29,30,31). The van der Waals surface area contributed by atoms with Gasteiger partial charge in [0.05, 0.1) is 9.82 Å². The summed E-state index contributed by atoms with van der Waals surface area (Å²) < 4.78 is 97.4. The van der Waals surface area contributed by atoms with Gasteiger partial charge in [-0.1, -0.05) is 6.07 Å². The number of phenols is 1. The van der Waals surface area contributed by atoms with Crippen molar-refractivity contribution in [3.05, 3.63) is 52.6 Å². The zero-order valence-corrected chi connectivity index (χ0v) is 18.6. The van der Waals surface area contributed by atoms with E-state index < -0.39 is 72.8 Å². The normalized spacial score (nSPS) is 12.9. The van der Waals surface area contributed by atoms with Crippen LogP contribution in [0.2, 0.25) is 0 Å². The maximum absolute atomic E-state index is 11.7. The van der Waals surface area contributed by atoms with Gasteiger partial charge >= 0.3 is 0 Å². The molecular weight excluding hydrogens is 522 g/mol. The predicted molar refractivity (Wildman–Crippen MR) is 112 cm³/mol. The van der Waals surface area contributed by atoms with E-state index in [1.165, 1.54) is 0 Å². The highest BCUT2D eigenvalue weighted by Crippen LogP contribution is 2.42. The van der Waals surface area contributed by atoms with Gasteiger partial charge in [-0.2, -0.15) is 25.3 Å². The SMILES string of the molecule is O=[N+]([O-])c1ccc(N=Nc2c(O)c(S(=O)(=O)O)cc3cc(S(=O)(=O)O)ccc23)c(S(=O)(=O)O)c1. The van der Waals surface area contributed by atoms with Crippen LogP contribution in [-0.4, -0.2) is 48.9 Å². The highest BCUT2D eigenvalue weighted by Gasteiger charge is 2.24. The lowest BCUT2D eigenvalue weighted by atomic mass is 10.1. The fourth-order valence-corrected chi connectivity index (χ4v) is 4.57. The topological polar surface area (TPSA) is 251 Å². The minimum Gasteiger partial charge on any atom is -0.504 e. The Labute approximate surface area is 190 Å². The summed E-state index contributed by atoms with van der Waals surface area (Å²) in [5.41, 5.74) is -2.05. The number of hydrogen-bond donors (Lipinski definition) is 4. The zero-order valence-electron chi connectivity index (χ0n) is 16.2. The second-order valence-electron chi connectivity index (χ2n) is 6.49. The van der Waals surface area contributed by atoms with Crippen molar-refractivity contribution in [1.29, 1.82) is 0 Å². The molecule has 180 valence electrons. The largest absolute Gasteiger partial charge is 0.504 e. The summed E-state index contributed by atoms with van der Waals surface area (Å²) in [4.78, 5) is 7.12. The fraction of sp³-hybridized carbons (Fsp3) is 0. The third-order valence-corrected chi connectivity index (χ3v) is 6.89. The molecule has 0 aliphatic rings. The fourth-order valence-electron chi connectivity index (χ4n) is 2.80. The summed E-state index contributed by atoms with van der Waals surface area (Å²) in [5, 5.41) is 27.9. The van der Waals surface area contributed by atoms with Crippen molar-refractivity contribution in [1.82, 2.24) is 0 Å². The van der Waals surface area contributed by atoms with Crippen LogP contribution in [0.4, 0.5) is 17.1 Å². The van der Waals surface area contributed by atoms with Crippen LogP contribution in [0.3, 0.4) is 0 Å². The summed E-state index contributed by atoms with van der Waals surface area (Å²) >= 11 is 0. The average Bonchev–Trinajstić information content (AvgIpc) is 2.70. The Morgan fingerprint density at radius 3 is 1.91 bits per heavy atom. The molecule has 0 saturated carbocycles. The second-order valence-corrected chi connectivity index (χ2v) is 10.7. The molecule has 0 amide bonds. The molecule has 0 bridgehead atoms. The summed E-state index contributed by atoms with van der Waals surface area (Å²) in [6.07, 6.45) is 0. The van der Waals surface area contributed by atoms with E-state index in [1.807, 2.05) is 0 Å². The van der Waals surface area contributed by atoms with Gasteiger partial charge in [0.15, 0.2) is 5.75 Å². The van der Waals surface area contributed by atoms with Gasteiger partial charge in [-0.05, 0) is 29.7 Å². The van der Waals surface area contributed by atoms with E-state index >= 15 is 0 Å². The average molecular weight is 533 g/mol. The maximum atomic E-state index is 11.7. The first-order chi connectivity index (χ1) is 15.5. The molecule has 0 saturated heterocycles. The van der Waals surface area contributed by atoms with E-state index in [0.717, 1.165) is 30.3 Å². The van der Waals surface area contributed by atoms with Crippen LogP contribution in [0.25, 0.3) is 10.8 Å². The molecular formula is C16H11N3O12S3. The number of non-ortho nitro benzene ring substituents is 1. The minimum atomic E-state index is -5.10. The van der Waals surface area contributed by atoms with Crippen molar-refractivity contribution in [3.8, 4) is 5.75 Å². The van der Waals surface area contributed by atoms with Crippen LogP contribution in [0.15, 0.2) is 67.4 Å². The van der Waals surface area contributed by atoms with Gasteiger partial charge in [-0.15, -0.1) is 10.2 Å². The summed E-state index contributed by atoms with van der Waals surface area (Å²) in [7, 11) is -14.9. The molecule has 3 aromatic rings. The molecule has 0 radical (unpaired) electrons. The van der Waals surface area contributed by atoms with Crippen LogP contribution in [0, 0.1) is 10.1 Å².